The normalized spacial score (nSPS) is 15.4. The molecule has 1 unspecified atom stereocenters. The number of phenols is 4. The highest BCUT2D eigenvalue weighted by molar-refractivity contribution is 5.94. The molecule has 3 aliphatic rings. The van der Waals surface area contributed by atoms with Gasteiger partial charge in [0.25, 0.3) is 11.8 Å². The van der Waals surface area contributed by atoms with E-state index in [2.05, 4.69) is 19.9 Å². The number of ether oxygens (including phenoxy) is 5. The minimum atomic E-state index is -0.888. The lowest BCUT2D eigenvalue weighted by Gasteiger charge is -2.35. The Morgan fingerprint density at radius 2 is 1.19 bits per heavy atom. The van der Waals surface area contributed by atoms with Gasteiger partial charge in [-0.1, -0.05) is 0 Å². The van der Waals surface area contributed by atoms with Gasteiger partial charge in [-0.05, 0) is 55.3 Å². The number of anilines is 4. The fourth-order valence-corrected chi connectivity index (χ4v) is 9.12. The molecule has 8 aromatic rings. The molecule has 11 rings (SSSR count). The fraction of sp³-hybridized carbons (Fsp3) is 0.302. The lowest BCUT2D eigenvalue weighted by molar-refractivity contribution is -0.141. The Labute approximate surface area is 443 Å². The summed E-state index contributed by atoms with van der Waals surface area (Å²) >= 11 is 0. The average Bonchev–Trinajstić information content (AvgIpc) is 4.21. The second-order valence-electron chi connectivity index (χ2n) is 18.0. The van der Waals surface area contributed by atoms with Crippen LogP contribution < -0.4 is 45.6 Å². The van der Waals surface area contributed by atoms with Gasteiger partial charge in [0.05, 0.1) is 45.7 Å². The Hall–Kier alpha value is -9.65. The number of methoxy groups -OCH3 is 4. The number of nitrogen functional groups attached to an aromatic ring is 2. The van der Waals surface area contributed by atoms with E-state index in [0.717, 1.165) is 37.1 Å². The molecule has 0 saturated carbocycles. The average molecular weight is 1070 g/mol. The third kappa shape index (κ3) is 10.9. The first kappa shape index (κ1) is 53.2. The quantitative estimate of drug-likeness (QED) is 0.0952. The summed E-state index contributed by atoms with van der Waals surface area (Å²) in [5, 5.41) is 49.1. The Morgan fingerprint density at radius 3 is 1.69 bits per heavy atom. The summed E-state index contributed by atoms with van der Waals surface area (Å²) in [5.41, 5.74) is 12.8. The van der Waals surface area contributed by atoms with E-state index in [1.54, 1.807) is 69.7 Å². The number of carbonyl (C=O) groups is 2. The number of amides is 2. The van der Waals surface area contributed by atoms with Crippen LogP contribution in [0.15, 0.2) is 86.6 Å². The predicted molar refractivity (Wildman–Crippen MR) is 285 cm³/mol. The first-order valence-electron chi connectivity index (χ1n) is 24.4. The highest BCUT2D eigenvalue weighted by atomic mass is 16.5. The number of benzene rings is 4. The molecule has 3 saturated heterocycles. The van der Waals surface area contributed by atoms with Crippen molar-refractivity contribution in [1.82, 2.24) is 29.7 Å². The molecule has 25 nitrogen and oxygen atoms in total. The topological polar surface area (TPSA) is 341 Å². The summed E-state index contributed by atoms with van der Waals surface area (Å²) in [7, 11) is 6.30. The van der Waals surface area contributed by atoms with Crippen molar-refractivity contribution in [2.75, 3.05) is 109 Å². The van der Waals surface area contributed by atoms with Crippen LogP contribution in [0.5, 0.6) is 51.7 Å². The number of fused-ring (bicyclic) bond motifs is 3. The van der Waals surface area contributed by atoms with Gasteiger partial charge >= 0.3 is 0 Å². The first-order chi connectivity index (χ1) is 37.6. The molecule has 0 aliphatic carbocycles. The molecule has 9 N–H and O–H groups in total. The molecule has 0 bridgehead atoms. The SMILES string of the molecule is COc1cc2nc(N3CCN(C(=O)C4CCCO4)CC3)nc(N)c2cc1OC.COc1cc2nc(N3CCN(C(=O)c4ccco4)CC3)nc(N)c2cc1OC.O=c1c(O)c(-c2ccc(O)c(O)c2)oc2cc(O)cc(O)c12. The van der Waals surface area contributed by atoms with Crippen LogP contribution in [0.4, 0.5) is 23.5 Å². The summed E-state index contributed by atoms with van der Waals surface area (Å²) in [6, 6.07) is 16.2. The number of nitrogens with two attached hydrogens (primary N) is 2. The lowest BCUT2D eigenvalue weighted by atomic mass is 10.1. The van der Waals surface area contributed by atoms with Crippen LogP contribution in [0.3, 0.4) is 0 Å². The van der Waals surface area contributed by atoms with Crippen molar-refractivity contribution >= 4 is 68.1 Å². The number of aromatic hydroxyl groups is 5. The van der Waals surface area contributed by atoms with Crippen molar-refractivity contribution in [1.29, 1.82) is 0 Å². The van der Waals surface area contributed by atoms with Crippen molar-refractivity contribution < 1.29 is 67.6 Å². The van der Waals surface area contributed by atoms with Crippen LogP contribution in [-0.4, -0.2) is 161 Å². The largest absolute Gasteiger partial charge is 0.508 e. The Kier molecular flexibility index (Phi) is 15.5. The van der Waals surface area contributed by atoms with Crippen LogP contribution in [-0.2, 0) is 9.53 Å². The number of phenolic OH excluding ortho intramolecular Hbond substituents is 4. The van der Waals surface area contributed by atoms with E-state index >= 15 is 0 Å². The van der Waals surface area contributed by atoms with Crippen molar-refractivity contribution in [2.45, 2.75) is 18.9 Å². The number of aromatic nitrogens is 4. The molecule has 25 heteroatoms. The zero-order valence-corrected chi connectivity index (χ0v) is 42.8. The third-order valence-electron chi connectivity index (χ3n) is 13.3. The van der Waals surface area contributed by atoms with Gasteiger partial charge < -0.3 is 89.1 Å². The van der Waals surface area contributed by atoms with Crippen LogP contribution in [0.25, 0.3) is 44.1 Å². The summed E-state index contributed by atoms with van der Waals surface area (Å²) in [5.74, 6) is 1.78. The van der Waals surface area contributed by atoms with Gasteiger partial charge in [-0.25, -0.2) is 9.97 Å². The molecular weight excluding hydrogens is 1020 g/mol. The summed E-state index contributed by atoms with van der Waals surface area (Å²) in [4.78, 5) is 63.0. The third-order valence-corrected chi connectivity index (χ3v) is 13.3. The zero-order valence-electron chi connectivity index (χ0n) is 42.8. The number of nitrogens with zero attached hydrogens (tertiary/aromatic N) is 8. The maximum Gasteiger partial charge on any atom is 0.289 e. The molecule has 2 amide bonds. The van der Waals surface area contributed by atoms with Gasteiger partial charge in [-0.2, -0.15) is 9.97 Å². The summed E-state index contributed by atoms with van der Waals surface area (Å²) < 4.78 is 37.4. The maximum absolute atomic E-state index is 12.5. The number of rotatable bonds is 9. The Morgan fingerprint density at radius 1 is 0.641 bits per heavy atom. The number of carbonyl (C=O) groups excluding carboxylic acids is 2. The standard InChI is InChI=1S/C19H25N5O4.C19H21N5O4.C15H10O7/c2*1-26-15-10-12-13(11-16(15)27-2)21-19(22-17(12)20)24-7-5-23(6-8-24)18(25)14-4-3-9-28-14;16-7-4-10(19)12-11(5-7)22-15(14(21)13(12)20)6-1-2-8(17)9(18)3-6/h10-11,14H,3-9H2,1-2H3,(H2,20,21,22);3-4,9-11H,5-8H2,1-2H3,(H2,20,21,22);1-5,16-19,21H. The van der Waals surface area contributed by atoms with Gasteiger partial charge in [0.2, 0.25) is 23.1 Å². The zero-order chi connectivity index (χ0) is 55.4. The minimum absolute atomic E-state index is 0.0907. The highest BCUT2D eigenvalue weighted by Crippen LogP contribution is 2.39. The van der Waals surface area contributed by atoms with E-state index in [4.69, 9.17) is 44.0 Å². The van der Waals surface area contributed by atoms with Crippen LogP contribution in [0.1, 0.15) is 23.4 Å². The maximum atomic E-state index is 12.5. The number of hydrogen-bond acceptors (Lipinski definition) is 23. The molecule has 3 aliphatic heterocycles. The summed E-state index contributed by atoms with van der Waals surface area (Å²) in [6.45, 7) is 5.51. The number of furan rings is 1. The van der Waals surface area contributed by atoms with Gasteiger partial charge in [0.15, 0.2) is 46.0 Å². The second kappa shape index (κ2) is 22.7. The van der Waals surface area contributed by atoms with E-state index in [-0.39, 0.29) is 51.7 Å². The molecule has 7 heterocycles. The van der Waals surface area contributed by atoms with Crippen LogP contribution in [0.2, 0.25) is 0 Å². The van der Waals surface area contributed by atoms with E-state index in [9.17, 15) is 39.9 Å². The van der Waals surface area contributed by atoms with Crippen LogP contribution in [0, 0.1) is 0 Å². The van der Waals surface area contributed by atoms with Crippen molar-refractivity contribution in [3.05, 3.63) is 89.0 Å². The van der Waals surface area contributed by atoms with E-state index in [0.29, 0.717) is 133 Å². The summed E-state index contributed by atoms with van der Waals surface area (Å²) in [6.07, 6.45) is 2.99. The molecule has 0 spiro atoms. The smallest absolute Gasteiger partial charge is 0.289 e. The van der Waals surface area contributed by atoms with Gasteiger partial charge in [0, 0.05) is 99.6 Å². The molecule has 0 radical (unpaired) electrons. The van der Waals surface area contributed by atoms with E-state index < -0.39 is 22.7 Å². The van der Waals surface area contributed by atoms with Crippen molar-refractivity contribution in [2.24, 2.45) is 0 Å². The van der Waals surface area contributed by atoms with E-state index in [1.807, 2.05) is 14.7 Å². The van der Waals surface area contributed by atoms with Gasteiger partial charge in [-0.3, -0.25) is 14.4 Å². The molecule has 4 aromatic heterocycles. The lowest BCUT2D eigenvalue weighted by Crippen LogP contribution is -2.51. The van der Waals surface area contributed by atoms with Gasteiger partial charge in [0.1, 0.15) is 40.2 Å². The molecule has 4 aromatic carbocycles. The number of hydrogen-bond donors (Lipinski definition) is 7. The highest BCUT2D eigenvalue weighted by Gasteiger charge is 2.32. The minimum Gasteiger partial charge on any atom is -0.508 e. The molecule has 408 valence electrons. The van der Waals surface area contributed by atoms with Crippen molar-refractivity contribution in [3.8, 4) is 63.1 Å². The van der Waals surface area contributed by atoms with Crippen molar-refractivity contribution in [3.63, 3.8) is 0 Å². The number of piperazine rings is 2. The fourth-order valence-electron chi connectivity index (χ4n) is 9.12. The van der Waals surface area contributed by atoms with Gasteiger partial charge in [-0.15, -0.1) is 0 Å². The Bertz CT molecular complexity index is 3580. The van der Waals surface area contributed by atoms with E-state index in [1.165, 1.54) is 12.3 Å². The molecule has 1 atom stereocenters. The monoisotopic (exact) mass is 1070 g/mol. The molecular formula is C53H56N10O15. The Balaban J connectivity index is 0.000000143. The van der Waals surface area contributed by atoms with Crippen LogP contribution >= 0.6 is 0 Å². The second-order valence-corrected chi connectivity index (χ2v) is 18.0. The first-order valence-corrected chi connectivity index (χ1v) is 24.4. The predicted octanol–water partition coefficient (Wildman–Crippen LogP) is 4.83. The molecule has 3 fully saturated rings. The molecule has 78 heavy (non-hydrogen) atoms.